The first-order chi connectivity index (χ1) is 6.31. The van der Waals surface area contributed by atoms with Crippen LogP contribution in [0.5, 0.6) is 11.5 Å². The van der Waals surface area contributed by atoms with Gasteiger partial charge in [-0.3, -0.25) is 0 Å². The van der Waals surface area contributed by atoms with Gasteiger partial charge in [-0.25, -0.2) is 0 Å². The Hall–Kier alpha value is -0.830. The lowest BCUT2D eigenvalue weighted by Crippen LogP contribution is -1.91. The maximum atomic E-state index is 5.25. The molecule has 0 aliphatic rings. The SMILES string of the molecule is COc1ccc(CSC)c(OC)c1. The molecule has 0 saturated heterocycles. The molecule has 0 unspecified atom stereocenters. The third-order valence-corrected chi connectivity index (χ3v) is 2.39. The van der Waals surface area contributed by atoms with E-state index in [4.69, 9.17) is 9.47 Å². The van der Waals surface area contributed by atoms with Crippen LogP contribution in [-0.2, 0) is 5.75 Å². The van der Waals surface area contributed by atoms with Gasteiger partial charge in [0.1, 0.15) is 11.5 Å². The molecule has 1 rings (SSSR count). The van der Waals surface area contributed by atoms with Crippen molar-refractivity contribution in [1.29, 1.82) is 0 Å². The van der Waals surface area contributed by atoms with E-state index in [0.717, 1.165) is 17.3 Å². The second-order valence-corrected chi connectivity index (χ2v) is 3.48. The van der Waals surface area contributed by atoms with Crippen molar-refractivity contribution in [3.05, 3.63) is 23.8 Å². The number of hydrogen-bond acceptors (Lipinski definition) is 3. The molecular weight excluding hydrogens is 184 g/mol. The Morgan fingerprint density at radius 2 is 2.00 bits per heavy atom. The zero-order valence-corrected chi connectivity index (χ0v) is 8.98. The van der Waals surface area contributed by atoms with Crippen molar-refractivity contribution in [2.75, 3.05) is 20.5 Å². The van der Waals surface area contributed by atoms with E-state index >= 15 is 0 Å². The fourth-order valence-electron chi connectivity index (χ4n) is 1.13. The number of methoxy groups -OCH3 is 2. The molecule has 0 fully saturated rings. The third-order valence-electron chi connectivity index (χ3n) is 1.79. The number of thioether (sulfide) groups is 1. The first kappa shape index (κ1) is 10.3. The van der Waals surface area contributed by atoms with Crippen molar-refractivity contribution in [2.24, 2.45) is 0 Å². The van der Waals surface area contributed by atoms with Gasteiger partial charge < -0.3 is 9.47 Å². The fourth-order valence-corrected chi connectivity index (χ4v) is 1.68. The Morgan fingerprint density at radius 3 is 2.54 bits per heavy atom. The van der Waals surface area contributed by atoms with E-state index in [1.54, 1.807) is 26.0 Å². The maximum absolute atomic E-state index is 5.25. The summed E-state index contributed by atoms with van der Waals surface area (Å²) >= 11 is 1.78. The Morgan fingerprint density at radius 1 is 1.23 bits per heavy atom. The van der Waals surface area contributed by atoms with Gasteiger partial charge in [-0.05, 0) is 12.3 Å². The lowest BCUT2D eigenvalue weighted by molar-refractivity contribution is 0.392. The molecule has 1 aromatic rings. The van der Waals surface area contributed by atoms with Gasteiger partial charge in [0.05, 0.1) is 14.2 Å². The first-order valence-corrected chi connectivity index (χ1v) is 5.41. The zero-order valence-electron chi connectivity index (χ0n) is 8.16. The zero-order chi connectivity index (χ0) is 9.68. The van der Waals surface area contributed by atoms with E-state index in [-0.39, 0.29) is 0 Å². The largest absolute Gasteiger partial charge is 0.497 e. The molecular formula is C10H14O2S. The molecule has 0 radical (unpaired) electrons. The minimum atomic E-state index is 0.835. The molecule has 1 aromatic carbocycles. The van der Waals surface area contributed by atoms with Crippen LogP contribution >= 0.6 is 11.8 Å². The first-order valence-electron chi connectivity index (χ1n) is 4.01. The van der Waals surface area contributed by atoms with Crippen LogP contribution in [0.1, 0.15) is 5.56 Å². The second kappa shape index (κ2) is 5.02. The average molecular weight is 198 g/mol. The summed E-state index contributed by atoms with van der Waals surface area (Å²) in [6.07, 6.45) is 2.07. The average Bonchev–Trinajstić information content (AvgIpc) is 2.19. The van der Waals surface area contributed by atoms with Crippen molar-refractivity contribution in [1.82, 2.24) is 0 Å². The summed E-state index contributed by atoms with van der Waals surface area (Å²) in [6, 6.07) is 5.90. The summed E-state index contributed by atoms with van der Waals surface area (Å²) in [5.41, 5.74) is 1.20. The molecule has 72 valence electrons. The molecule has 0 spiro atoms. The van der Waals surface area contributed by atoms with Crippen LogP contribution in [0.2, 0.25) is 0 Å². The lowest BCUT2D eigenvalue weighted by Gasteiger charge is -2.08. The number of hydrogen-bond donors (Lipinski definition) is 0. The van der Waals surface area contributed by atoms with Crippen LogP contribution in [0, 0.1) is 0 Å². The van der Waals surface area contributed by atoms with Gasteiger partial charge in [-0.2, -0.15) is 11.8 Å². The molecule has 0 saturated carbocycles. The summed E-state index contributed by atoms with van der Waals surface area (Å²) in [4.78, 5) is 0. The van der Waals surface area contributed by atoms with Crippen molar-refractivity contribution in [2.45, 2.75) is 5.75 Å². The number of rotatable bonds is 4. The van der Waals surface area contributed by atoms with E-state index in [2.05, 4.69) is 6.26 Å². The van der Waals surface area contributed by atoms with Gasteiger partial charge in [0.2, 0.25) is 0 Å². The molecule has 0 aromatic heterocycles. The Bertz CT molecular complexity index is 274. The van der Waals surface area contributed by atoms with Gasteiger partial charge in [0.25, 0.3) is 0 Å². The predicted octanol–water partition coefficient (Wildman–Crippen LogP) is 2.57. The summed E-state index contributed by atoms with van der Waals surface area (Å²) in [5.74, 6) is 2.70. The molecule has 0 atom stereocenters. The van der Waals surface area contributed by atoms with Crippen LogP contribution in [0.15, 0.2) is 18.2 Å². The molecule has 0 amide bonds. The summed E-state index contributed by atoms with van der Waals surface area (Å²) < 4.78 is 10.4. The van der Waals surface area contributed by atoms with E-state index in [1.165, 1.54) is 5.56 Å². The Kier molecular flexibility index (Phi) is 3.96. The van der Waals surface area contributed by atoms with Crippen molar-refractivity contribution >= 4 is 11.8 Å². The lowest BCUT2D eigenvalue weighted by atomic mass is 10.2. The van der Waals surface area contributed by atoms with Crippen molar-refractivity contribution < 1.29 is 9.47 Å². The summed E-state index contributed by atoms with van der Waals surface area (Å²) in [7, 11) is 3.33. The molecule has 2 nitrogen and oxygen atoms in total. The number of benzene rings is 1. The molecule has 0 aliphatic carbocycles. The molecule has 0 heterocycles. The highest BCUT2D eigenvalue weighted by molar-refractivity contribution is 7.97. The Labute approximate surface area is 83.2 Å². The van der Waals surface area contributed by atoms with Crippen molar-refractivity contribution in [3.63, 3.8) is 0 Å². The van der Waals surface area contributed by atoms with Gasteiger partial charge >= 0.3 is 0 Å². The quantitative estimate of drug-likeness (QED) is 0.740. The molecule has 3 heteroatoms. The molecule has 0 bridgehead atoms. The number of ether oxygens (including phenoxy) is 2. The summed E-state index contributed by atoms with van der Waals surface area (Å²) in [6.45, 7) is 0. The molecule has 0 aliphatic heterocycles. The van der Waals surface area contributed by atoms with Crippen LogP contribution < -0.4 is 9.47 Å². The maximum Gasteiger partial charge on any atom is 0.126 e. The standard InChI is InChI=1S/C10H14O2S/c1-11-9-5-4-8(7-13-3)10(6-9)12-2/h4-6H,7H2,1-3H3. The van der Waals surface area contributed by atoms with Crippen LogP contribution in [0.4, 0.5) is 0 Å². The normalized spacial score (nSPS) is 9.77. The minimum absolute atomic E-state index is 0.835. The highest BCUT2D eigenvalue weighted by atomic mass is 32.2. The second-order valence-electron chi connectivity index (χ2n) is 2.61. The third kappa shape index (κ3) is 2.56. The van der Waals surface area contributed by atoms with Gasteiger partial charge in [0, 0.05) is 17.4 Å². The predicted molar refractivity (Wildman–Crippen MR) is 56.8 cm³/mol. The van der Waals surface area contributed by atoms with Crippen molar-refractivity contribution in [3.8, 4) is 11.5 Å². The highest BCUT2D eigenvalue weighted by Gasteiger charge is 2.03. The molecule has 13 heavy (non-hydrogen) atoms. The van der Waals surface area contributed by atoms with Crippen LogP contribution in [-0.4, -0.2) is 20.5 Å². The van der Waals surface area contributed by atoms with Crippen LogP contribution in [0.25, 0.3) is 0 Å². The van der Waals surface area contributed by atoms with Gasteiger partial charge in [-0.1, -0.05) is 6.07 Å². The summed E-state index contributed by atoms with van der Waals surface area (Å²) in [5, 5.41) is 0. The van der Waals surface area contributed by atoms with E-state index in [9.17, 15) is 0 Å². The van der Waals surface area contributed by atoms with Gasteiger partial charge in [-0.15, -0.1) is 0 Å². The smallest absolute Gasteiger partial charge is 0.126 e. The highest BCUT2D eigenvalue weighted by Crippen LogP contribution is 2.26. The monoisotopic (exact) mass is 198 g/mol. The topological polar surface area (TPSA) is 18.5 Å². The Balaban J connectivity index is 2.93. The minimum Gasteiger partial charge on any atom is -0.497 e. The van der Waals surface area contributed by atoms with Crippen LogP contribution in [0.3, 0.4) is 0 Å². The van der Waals surface area contributed by atoms with E-state index < -0.39 is 0 Å². The fraction of sp³-hybridized carbons (Fsp3) is 0.400. The molecule has 0 N–H and O–H groups in total. The van der Waals surface area contributed by atoms with E-state index in [0.29, 0.717) is 0 Å². The van der Waals surface area contributed by atoms with E-state index in [1.807, 2.05) is 18.2 Å². The van der Waals surface area contributed by atoms with Gasteiger partial charge in [0.15, 0.2) is 0 Å².